The predicted octanol–water partition coefficient (Wildman–Crippen LogP) is 4.32. The fraction of sp³-hybridized carbons (Fsp3) is 0.667. The number of thiophene rings is 1. The molecule has 108 valence electrons. The minimum absolute atomic E-state index is 0.0309. The van der Waals surface area contributed by atoms with Crippen molar-refractivity contribution in [1.82, 2.24) is 0 Å². The number of carbonyl (C=O) groups excluding carboxylic acids is 1. The van der Waals surface area contributed by atoms with Gasteiger partial charge in [0.25, 0.3) is 0 Å². The molecule has 1 heterocycles. The van der Waals surface area contributed by atoms with Crippen molar-refractivity contribution in [2.75, 3.05) is 12.3 Å². The van der Waals surface area contributed by atoms with Crippen LogP contribution in [0.3, 0.4) is 0 Å². The first-order valence-electron chi connectivity index (χ1n) is 6.85. The van der Waals surface area contributed by atoms with Crippen molar-refractivity contribution in [3.8, 4) is 0 Å². The van der Waals surface area contributed by atoms with E-state index in [1.807, 2.05) is 6.92 Å². The van der Waals surface area contributed by atoms with E-state index in [2.05, 4.69) is 34.6 Å². The van der Waals surface area contributed by atoms with Gasteiger partial charge in [0.05, 0.1) is 12.3 Å². The van der Waals surface area contributed by atoms with Crippen LogP contribution in [0.25, 0.3) is 0 Å². The molecule has 3 nitrogen and oxygen atoms in total. The van der Waals surface area contributed by atoms with Gasteiger partial charge in [-0.2, -0.15) is 0 Å². The number of nitrogens with two attached hydrogens (primary N) is 1. The number of esters is 1. The molecular formula is C15H25NO2S. The molecule has 0 saturated carbocycles. The zero-order chi connectivity index (χ0) is 14.8. The third-order valence-corrected chi connectivity index (χ3v) is 5.09. The Bertz CT molecular complexity index is 461. The summed E-state index contributed by atoms with van der Waals surface area (Å²) in [5.74, 6) is 0.00491. The third kappa shape index (κ3) is 3.11. The van der Waals surface area contributed by atoms with Crippen LogP contribution in [-0.2, 0) is 10.2 Å². The molecule has 0 bridgehead atoms. The molecule has 19 heavy (non-hydrogen) atoms. The first kappa shape index (κ1) is 16.0. The first-order valence-corrected chi connectivity index (χ1v) is 7.67. The van der Waals surface area contributed by atoms with Gasteiger partial charge >= 0.3 is 5.97 Å². The molecule has 4 heteroatoms. The molecule has 0 aliphatic rings. The topological polar surface area (TPSA) is 52.3 Å². The van der Waals surface area contributed by atoms with Crippen molar-refractivity contribution < 1.29 is 9.53 Å². The molecule has 0 aliphatic carbocycles. The Hall–Kier alpha value is -1.03. The van der Waals surface area contributed by atoms with Gasteiger partial charge in [0.2, 0.25) is 0 Å². The highest BCUT2D eigenvalue weighted by molar-refractivity contribution is 7.15. The molecule has 1 aromatic rings. The van der Waals surface area contributed by atoms with Gasteiger partial charge in [0, 0.05) is 4.88 Å². The molecule has 0 saturated heterocycles. The molecule has 1 rings (SSSR count). The van der Waals surface area contributed by atoms with Crippen LogP contribution in [-0.4, -0.2) is 12.6 Å². The Morgan fingerprint density at radius 3 is 2.37 bits per heavy atom. The molecule has 1 aromatic heterocycles. The van der Waals surface area contributed by atoms with E-state index in [1.54, 1.807) is 0 Å². The standard InChI is InChI=1S/C15H25NO2S/c1-7-15(5,6)13-10(9(3)4)11(16)12(19-13)14(17)18-8-2/h9H,7-8,16H2,1-6H3. The third-order valence-electron chi connectivity index (χ3n) is 3.52. The van der Waals surface area contributed by atoms with E-state index < -0.39 is 0 Å². The first-order chi connectivity index (χ1) is 8.76. The number of nitrogen functional groups attached to an aromatic ring is 1. The van der Waals surface area contributed by atoms with Crippen LogP contribution in [0.5, 0.6) is 0 Å². The molecule has 0 fully saturated rings. The number of rotatable bonds is 5. The van der Waals surface area contributed by atoms with Crippen LogP contribution in [0.15, 0.2) is 0 Å². The lowest BCUT2D eigenvalue weighted by molar-refractivity contribution is 0.0533. The van der Waals surface area contributed by atoms with Crippen LogP contribution in [0.4, 0.5) is 5.69 Å². The van der Waals surface area contributed by atoms with E-state index in [0.717, 1.165) is 12.0 Å². The molecule has 0 amide bonds. The lowest BCUT2D eigenvalue weighted by Gasteiger charge is -2.24. The zero-order valence-electron chi connectivity index (χ0n) is 12.8. The molecule has 0 aliphatic heterocycles. The van der Waals surface area contributed by atoms with Gasteiger partial charge in [-0.3, -0.25) is 0 Å². The smallest absolute Gasteiger partial charge is 0.350 e. The second-order valence-electron chi connectivity index (χ2n) is 5.70. The van der Waals surface area contributed by atoms with Crippen LogP contribution in [0.1, 0.15) is 74.0 Å². The Balaban J connectivity index is 3.40. The van der Waals surface area contributed by atoms with Crippen molar-refractivity contribution in [2.45, 2.75) is 59.3 Å². The number of hydrogen-bond donors (Lipinski definition) is 1. The van der Waals surface area contributed by atoms with Crippen molar-refractivity contribution in [3.63, 3.8) is 0 Å². The van der Waals surface area contributed by atoms with Crippen molar-refractivity contribution in [2.24, 2.45) is 0 Å². The highest BCUT2D eigenvalue weighted by atomic mass is 32.1. The number of hydrogen-bond acceptors (Lipinski definition) is 4. The van der Waals surface area contributed by atoms with Gasteiger partial charge in [-0.05, 0) is 30.2 Å². The van der Waals surface area contributed by atoms with Crippen molar-refractivity contribution in [3.05, 3.63) is 15.3 Å². The highest BCUT2D eigenvalue weighted by Gasteiger charge is 2.31. The van der Waals surface area contributed by atoms with E-state index in [9.17, 15) is 4.79 Å². The monoisotopic (exact) mass is 283 g/mol. The number of carbonyl (C=O) groups is 1. The average molecular weight is 283 g/mol. The molecule has 2 N–H and O–H groups in total. The zero-order valence-corrected chi connectivity index (χ0v) is 13.6. The maximum Gasteiger partial charge on any atom is 0.350 e. The molecule has 0 spiro atoms. The summed E-state index contributed by atoms with van der Waals surface area (Å²) in [5, 5.41) is 0. The summed E-state index contributed by atoms with van der Waals surface area (Å²) < 4.78 is 5.09. The Labute approximate surface area is 120 Å². The minimum Gasteiger partial charge on any atom is -0.462 e. The highest BCUT2D eigenvalue weighted by Crippen LogP contribution is 2.44. The summed E-state index contributed by atoms with van der Waals surface area (Å²) >= 11 is 1.49. The quantitative estimate of drug-likeness (QED) is 0.819. The van der Waals surface area contributed by atoms with Gasteiger partial charge in [-0.25, -0.2) is 4.79 Å². The summed E-state index contributed by atoms with van der Waals surface area (Å²) in [7, 11) is 0. The summed E-state index contributed by atoms with van der Waals surface area (Å²) in [4.78, 5) is 13.7. The Morgan fingerprint density at radius 2 is 1.95 bits per heavy atom. The summed E-state index contributed by atoms with van der Waals surface area (Å²) in [6.45, 7) is 13.0. The van der Waals surface area contributed by atoms with E-state index in [0.29, 0.717) is 23.1 Å². The van der Waals surface area contributed by atoms with Crippen LogP contribution in [0.2, 0.25) is 0 Å². The van der Waals surface area contributed by atoms with Crippen LogP contribution in [0, 0.1) is 0 Å². The minimum atomic E-state index is -0.301. The summed E-state index contributed by atoms with van der Waals surface area (Å²) in [5.41, 5.74) is 7.95. The van der Waals surface area contributed by atoms with Crippen LogP contribution < -0.4 is 5.73 Å². The number of ether oxygens (including phenoxy) is 1. The predicted molar refractivity (Wildman–Crippen MR) is 82.1 cm³/mol. The molecule has 0 atom stereocenters. The van der Waals surface area contributed by atoms with Gasteiger partial charge in [0.1, 0.15) is 4.88 Å². The van der Waals surface area contributed by atoms with Crippen molar-refractivity contribution >= 4 is 23.0 Å². The molecule has 0 unspecified atom stereocenters. The lowest BCUT2D eigenvalue weighted by Crippen LogP contribution is -2.16. The average Bonchev–Trinajstić information content (AvgIpc) is 2.68. The molecule has 0 aromatic carbocycles. The molecular weight excluding hydrogens is 258 g/mol. The summed E-state index contributed by atoms with van der Waals surface area (Å²) in [6, 6.07) is 0. The lowest BCUT2D eigenvalue weighted by atomic mass is 9.83. The number of anilines is 1. The van der Waals surface area contributed by atoms with Gasteiger partial charge in [0.15, 0.2) is 0 Å². The van der Waals surface area contributed by atoms with Gasteiger partial charge in [-0.1, -0.05) is 34.6 Å². The fourth-order valence-electron chi connectivity index (χ4n) is 2.04. The maximum absolute atomic E-state index is 12.0. The molecule has 0 radical (unpaired) electrons. The van der Waals surface area contributed by atoms with E-state index in [-0.39, 0.29) is 11.4 Å². The Morgan fingerprint density at radius 1 is 1.37 bits per heavy atom. The van der Waals surface area contributed by atoms with Gasteiger partial charge in [-0.15, -0.1) is 11.3 Å². The van der Waals surface area contributed by atoms with E-state index in [4.69, 9.17) is 10.5 Å². The van der Waals surface area contributed by atoms with Crippen LogP contribution >= 0.6 is 11.3 Å². The maximum atomic E-state index is 12.0. The van der Waals surface area contributed by atoms with E-state index in [1.165, 1.54) is 16.2 Å². The fourth-order valence-corrected chi connectivity index (χ4v) is 3.48. The second-order valence-corrected chi connectivity index (χ2v) is 6.72. The normalized spacial score (nSPS) is 11.9. The summed E-state index contributed by atoms with van der Waals surface area (Å²) in [6.07, 6.45) is 1.01. The second kappa shape index (κ2) is 5.95. The van der Waals surface area contributed by atoms with E-state index >= 15 is 0 Å². The van der Waals surface area contributed by atoms with Crippen molar-refractivity contribution in [1.29, 1.82) is 0 Å². The van der Waals surface area contributed by atoms with Gasteiger partial charge < -0.3 is 10.5 Å². The SMILES string of the molecule is CCOC(=O)c1sc(C(C)(C)CC)c(C(C)C)c1N. The Kier molecular flexibility index (Phi) is 5.02. The largest absolute Gasteiger partial charge is 0.462 e.